The van der Waals surface area contributed by atoms with Gasteiger partial charge >= 0.3 is 0 Å². The molecule has 0 radical (unpaired) electrons. The first-order chi connectivity index (χ1) is 20.8. The predicted octanol–water partition coefficient (Wildman–Crippen LogP) is 11.9. The molecule has 0 fully saturated rings. The van der Waals surface area contributed by atoms with E-state index in [1.807, 2.05) is 0 Å². The van der Waals surface area contributed by atoms with Crippen LogP contribution in [0.25, 0.3) is 86.9 Å². The van der Waals surface area contributed by atoms with E-state index in [0.29, 0.717) is 0 Å². The van der Waals surface area contributed by atoms with Crippen molar-refractivity contribution in [1.82, 2.24) is 0 Å². The van der Waals surface area contributed by atoms with Gasteiger partial charge in [-0.25, -0.2) is 0 Å². The molecule has 0 nitrogen and oxygen atoms in total. The second-order valence-corrected chi connectivity index (χ2v) is 11.3. The van der Waals surface area contributed by atoms with E-state index in [1.54, 1.807) is 0 Å². The summed E-state index contributed by atoms with van der Waals surface area (Å²) in [4.78, 5) is 0. The van der Waals surface area contributed by atoms with Crippen LogP contribution in [0, 0.1) is 0 Å². The number of rotatable bonds is 2. The van der Waals surface area contributed by atoms with Crippen molar-refractivity contribution < 1.29 is 0 Å². The lowest BCUT2D eigenvalue weighted by molar-refractivity contribution is 1.69. The second kappa shape index (κ2) is 9.03. The van der Waals surface area contributed by atoms with Gasteiger partial charge in [0.15, 0.2) is 0 Å². The molecular weight excluding hydrogens is 504 g/mol. The predicted molar refractivity (Wildman–Crippen MR) is 182 cm³/mol. The van der Waals surface area contributed by atoms with Gasteiger partial charge in [-0.05, 0) is 99.0 Å². The molecule has 0 amide bonds. The van der Waals surface area contributed by atoms with Gasteiger partial charge in [-0.15, -0.1) is 0 Å². The Balaban J connectivity index is 1.51. The Labute approximate surface area is 244 Å². The molecule has 0 aliphatic carbocycles. The van der Waals surface area contributed by atoms with Crippen LogP contribution in [0.5, 0.6) is 0 Å². The Morgan fingerprint density at radius 1 is 0.214 bits per heavy atom. The van der Waals surface area contributed by atoms with Crippen LogP contribution in [0.15, 0.2) is 158 Å². The van der Waals surface area contributed by atoms with Crippen molar-refractivity contribution in [2.24, 2.45) is 0 Å². The van der Waals surface area contributed by atoms with Crippen LogP contribution in [0.3, 0.4) is 0 Å². The summed E-state index contributed by atoms with van der Waals surface area (Å²) in [7, 11) is 0. The van der Waals surface area contributed by atoms with Crippen LogP contribution in [0.4, 0.5) is 0 Å². The fraction of sp³-hybridized carbons (Fsp3) is 0. The Hall–Kier alpha value is -5.46. The Morgan fingerprint density at radius 3 is 1.36 bits per heavy atom. The van der Waals surface area contributed by atoms with Gasteiger partial charge in [0.25, 0.3) is 0 Å². The van der Waals surface area contributed by atoms with Gasteiger partial charge in [0.05, 0.1) is 0 Å². The second-order valence-electron chi connectivity index (χ2n) is 11.3. The molecule has 0 atom stereocenters. The van der Waals surface area contributed by atoms with E-state index < -0.39 is 0 Å². The first-order valence-electron chi connectivity index (χ1n) is 14.6. The van der Waals surface area contributed by atoms with Crippen LogP contribution in [-0.2, 0) is 0 Å². The highest BCUT2D eigenvalue weighted by Gasteiger charge is 2.18. The smallest absolute Gasteiger partial charge is 0.00199 e. The summed E-state index contributed by atoms with van der Waals surface area (Å²) in [5.74, 6) is 0. The highest BCUT2D eigenvalue weighted by atomic mass is 14.2. The van der Waals surface area contributed by atoms with Crippen molar-refractivity contribution >= 4 is 64.6 Å². The quantitative estimate of drug-likeness (QED) is 0.195. The third-order valence-electron chi connectivity index (χ3n) is 9.00. The average molecular weight is 531 g/mol. The molecule has 0 unspecified atom stereocenters. The summed E-state index contributed by atoms with van der Waals surface area (Å²) in [6, 6.07) is 58.1. The van der Waals surface area contributed by atoms with Crippen molar-refractivity contribution in [2.45, 2.75) is 0 Å². The maximum Gasteiger partial charge on any atom is -0.00199 e. The minimum Gasteiger partial charge on any atom is -0.0616 e. The van der Waals surface area contributed by atoms with Crippen molar-refractivity contribution in [3.05, 3.63) is 158 Å². The molecule has 0 spiro atoms. The maximum atomic E-state index is 2.45. The van der Waals surface area contributed by atoms with Gasteiger partial charge in [-0.2, -0.15) is 0 Å². The number of fused-ring (bicyclic) bond motifs is 9. The van der Waals surface area contributed by atoms with Gasteiger partial charge in [-0.1, -0.05) is 146 Å². The molecule has 9 rings (SSSR count). The number of benzene rings is 9. The Kier molecular flexibility index (Phi) is 5.00. The van der Waals surface area contributed by atoms with Crippen LogP contribution >= 0.6 is 0 Å². The summed E-state index contributed by atoms with van der Waals surface area (Å²) in [6.07, 6.45) is 0. The topological polar surface area (TPSA) is 0 Å². The lowest BCUT2D eigenvalue weighted by atomic mass is 9.84. The largest absolute Gasteiger partial charge is 0.0616 e. The van der Waals surface area contributed by atoms with E-state index in [9.17, 15) is 0 Å². The van der Waals surface area contributed by atoms with Gasteiger partial charge in [0.2, 0.25) is 0 Å². The SMILES string of the molecule is c1ccc2c(-c3cc4cc(-c5cccc6ccccc56)c5c6ccccc6ccc5c4c4ccccc34)cccc2c1. The molecule has 0 N–H and O–H groups in total. The average Bonchev–Trinajstić information content (AvgIpc) is 3.06. The molecule has 0 aliphatic rings. The van der Waals surface area contributed by atoms with Crippen LogP contribution in [0.1, 0.15) is 0 Å². The highest BCUT2D eigenvalue weighted by Crippen LogP contribution is 2.46. The van der Waals surface area contributed by atoms with E-state index in [0.717, 1.165) is 0 Å². The van der Waals surface area contributed by atoms with Crippen LogP contribution < -0.4 is 0 Å². The van der Waals surface area contributed by atoms with Crippen LogP contribution in [-0.4, -0.2) is 0 Å². The van der Waals surface area contributed by atoms with E-state index in [1.165, 1.54) is 86.9 Å². The summed E-state index contributed by atoms with van der Waals surface area (Å²) < 4.78 is 0. The molecule has 0 saturated heterocycles. The molecule has 42 heavy (non-hydrogen) atoms. The standard InChI is InChI=1S/C42H26/c1-4-16-31-27(11-1)14-9-21-34(31)39-25-30-26-40(35-22-10-15-28-12-2-5-17-32(28)35)42-33-18-6-3-13-29(33)23-24-38(42)41(30)37-20-8-7-19-36(37)39/h1-26H. The summed E-state index contributed by atoms with van der Waals surface area (Å²) in [5.41, 5.74) is 5.11. The van der Waals surface area contributed by atoms with Gasteiger partial charge in [0, 0.05) is 0 Å². The molecule has 9 aromatic carbocycles. The highest BCUT2D eigenvalue weighted by molar-refractivity contribution is 6.31. The molecule has 194 valence electrons. The number of hydrogen-bond acceptors (Lipinski definition) is 0. The fourth-order valence-electron chi connectivity index (χ4n) is 7.16. The molecule has 9 aromatic rings. The van der Waals surface area contributed by atoms with Gasteiger partial charge in [0.1, 0.15) is 0 Å². The third-order valence-corrected chi connectivity index (χ3v) is 9.00. The van der Waals surface area contributed by atoms with E-state index in [-0.39, 0.29) is 0 Å². The van der Waals surface area contributed by atoms with E-state index in [2.05, 4.69) is 158 Å². The first kappa shape index (κ1) is 23.3. The summed E-state index contributed by atoms with van der Waals surface area (Å²) in [5, 5.41) is 15.4. The molecule has 0 aromatic heterocycles. The van der Waals surface area contributed by atoms with E-state index >= 15 is 0 Å². The Bertz CT molecular complexity index is 2500. The van der Waals surface area contributed by atoms with Gasteiger partial charge in [-0.3, -0.25) is 0 Å². The lowest BCUT2D eigenvalue weighted by Crippen LogP contribution is -1.91. The van der Waals surface area contributed by atoms with Gasteiger partial charge < -0.3 is 0 Å². The minimum absolute atomic E-state index is 1.26. The lowest BCUT2D eigenvalue weighted by Gasteiger charge is -2.19. The zero-order valence-corrected chi connectivity index (χ0v) is 23.0. The third kappa shape index (κ3) is 3.36. The Morgan fingerprint density at radius 2 is 0.690 bits per heavy atom. The monoisotopic (exact) mass is 530 g/mol. The zero-order valence-electron chi connectivity index (χ0n) is 23.0. The van der Waals surface area contributed by atoms with Crippen molar-refractivity contribution in [3.8, 4) is 22.3 Å². The van der Waals surface area contributed by atoms with E-state index in [4.69, 9.17) is 0 Å². The molecule has 0 aliphatic heterocycles. The summed E-state index contributed by atoms with van der Waals surface area (Å²) >= 11 is 0. The molecular formula is C42H26. The normalized spacial score (nSPS) is 11.8. The van der Waals surface area contributed by atoms with Crippen molar-refractivity contribution in [3.63, 3.8) is 0 Å². The zero-order chi connectivity index (χ0) is 27.6. The first-order valence-corrected chi connectivity index (χ1v) is 14.6. The summed E-state index contributed by atoms with van der Waals surface area (Å²) in [6.45, 7) is 0. The molecule has 0 heteroatoms. The fourth-order valence-corrected chi connectivity index (χ4v) is 7.16. The van der Waals surface area contributed by atoms with Crippen LogP contribution in [0.2, 0.25) is 0 Å². The molecule has 0 bridgehead atoms. The maximum absolute atomic E-state index is 2.45. The molecule has 0 saturated carbocycles. The minimum atomic E-state index is 1.26. The van der Waals surface area contributed by atoms with Crippen molar-refractivity contribution in [1.29, 1.82) is 0 Å². The van der Waals surface area contributed by atoms with Crippen molar-refractivity contribution in [2.75, 3.05) is 0 Å². The molecule has 0 heterocycles. The number of hydrogen-bond donors (Lipinski definition) is 0.